The van der Waals surface area contributed by atoms with E-state index in [9.17, 15) is 19.6 Å². The Morgan fingerprint density at radius 2 is 1.49 bits per heavy atom. The molecule has 8 nitrogen and oxygen atoms in total. The van der Waals surface area contributed by atoms with E-state index in [1.54, 1.807) is 75.4 Å². The summed E-state index contributed by atoms with van der Waals surface area (Å²) in [6.45, 7) is 10.0. The fourth-order valence-electron chi connectivity index (χ4n) is 4.48. The lowest BCUT2D eigenvalue weighted by Crippen LogP contribution is -2.51. The number of carbonyl (C=O) groups is 3. The predicted octanol–water partition coefficient (Wildman–Crippen LogP) is 6.63. The monoisotopic (exact) mass is 603 g/mol. The van der Waals surface area contributed by atoms with Crippen molar-refractivity contribution in [2.45, 2.75) is 77.2 Å². The van der Waals surface area contributed by atoms with Crippen LogP contribution in [-0.2, 0) is 25.5 Å². The van der Waals surface area contributed by atoms with E-state index >= 15 is 0 Å². The zero-order valence-electron chi connectivity index (χ0n) is 25.3. The molecule has 0 spiro atoms. The fraction of sp³-hybridized carbons (Fsp3) is 0.353. The first-order valence-electron chi connectivity index (χ1n) is 14.0. The molecule has 0 aliphatic heterocycles. The van der Waals surface area contributed by atoms with Crippen LogP contribution >= 0.6 is 11.6 Å². The summed E-state index contributed by atoms with van der Waals surface area (Å²) in [6.07, 6.45) is -0.234. The van der Waals surface area contributed by atoms with Crippen molar-refractivity contribution >= 4 is 29.6 Å². The highest BCUT2D eigenvalue weighted by Gasteiger charge is 2.38. The number of hydrogen-bond acceptors (Lipinski definition) is 6. The van der Waals surface area contributed by atoms with Crippen LogP contribution in [0, 0.1) is 11.3 Å². The van der Waals surface area contributed by atoms with Gasteiger partial charge in [0.2, 0.25) is 0 Å². The van der Waals surface area contributed by atoms with Gasteiger partial charge < -0.3 is 20.1 Å². The Morgan fingerprint density at radius 1 is 0.860 bits per heavy atom. The molecule has 0 saturated carbocycles. The standard InChI is InChI=1S/C34H38ClN3O5/c1-22(28(20-23-15-17-27(35)18-16-23)26-14-10-11-24(19-26)21-36)37-31(40)34(5,6)42-30(39)29(25-12-8-7-9-13-25)38-32(41)43-33(2,3)4/h7-19,22,28-29H,20H2,1-6H3,(H,37,40)(H,38,41)/t22?,28?,29-/m1/s1. The van der Waals surface area contributed by atoms with Gasteiger partial charge in [0.1, 0.15) is 5.60 Å². The third-order valence-corrected chi connectivity index (χ3v) is 6.96. The summed E-state index contributed by atoms with van der Waals surface area (Å²) in [7, 11) is 0. The molecule has 0 fully saturated rings. The van der Waals surface area contributed by atoms with Crippen LogP contribution in [-0.4, -0.2) is 35.2 Å². The topological polar surface area (TPSA) is 118 Å². The normalized spacial score (nSPS) is 13.5. The third kappa shape index (κ3) is 9.86. The molecule has 0 heterocycles. The summed E-state index contributed by atoms with van der Waals surface area (Å²) in [5.41, 5.74) is 0.497. The van der Waals surface area contributed by atoms with Crippen LogP contribution in [0.2, 0.25) is 5.02 Å². The zero-order chi connectivity index (χ0) is 31.8. The molecule has 9 heteroatoms. The smallest absolute Gasteiger partial charge is 0.408 e. The van der Waals surface area contributed by atoms with Crippen molar-refractivity contribution in [2.75, 3.05) is 0 Å². The first-order valence-corrected chi connectivity index (χ1v) is 14.4. The summed E-state index contributed by atoms with van der Waals surface area (Å²) in [6, 6.07) is 23.9. The number of hydrogen-bond donors (Lipinski definition) is 2. The Kier molecular flexibility index (Phi) is 11.0. The molecule has 0 bridgehead atoms. The molecule has 2 N–H and O–H groups in total. The molecule has 0 aliphatic rings. The Labute approximate surface area is 258 Å². The maximum Gasteiger partial charge on any atom is 0.408 e. The number of esters is 1. The second-order valence-corrected chi connectivity index (χ2v) is 12.3. The minimum absolute atomic E-state index is 0.212. The molecule has 43 heavy (non-hydrogen) atoms. The van der Waals surface area contributed by atoms with Crippen LogP contribution in [0.1, 0.15) is 75.8 Å². The van der Waals surface area contributed by atoms with Crippen molar-refractivity contribution in [2.24, 2.45) is 0 Å². The lowest BCUT2D eigenvalue weighted by molar-refractivity contribution is -0.167. The van der Waals surface area contributed by atoms with E-state index in [2.05, 4.69) is 16.7 Å². The largest absolute Gasteiger partial charge is 0.448 e. The van der Waals surface area contributed by atoms with Gasteiger partial charge in [0, 0.05) is 17.0 Å². The molecule has 2 amide bonds. The minimum atomic E-state index is -1.59. The van der Waals surface area contributed by atoms with Crippen molar-refractivity contribution in [1.29, 1.82) is 5.26 Å². The highest BCUT2D eigenvalue weighted by atomic mass is 35.5. The van der Waals surface area contributed by atoms with Crippen molar-refractivity contribution in [1.82, 2.24) is 10.6 Å². The van der Waals surface area contributed by atoms with Gasteiger partial charge in [-0.15, -0.1) is 0 Å². The number of nitrogens with one attached hydrogen (secondary N) is 2. The lowest BCUT2D eigenvalue weighted by Gasteiger charge is -2.31. The number of halogens is 1. The third-order valence-electron chi connectivity index (χ3n) is 6.71. The van der Waals surface area contributed by atoms with E-state index in [0.717, 1.165) is 11.1 Å². The summed E-state index contributed by atoms with van der Waals surface area (Å²) < 4.78 is 11.1. The number of benzene rings is 3. The van der Waals surface area contributed by atoms with Crippen LogP contribution in [0.4, 0.5) is 4.79 Å². The Balaban J connectivity index is 1.81. The molecule has 3 aromatic rings. The fourth-order valence-corrected chi connectivity index (χ4v) is 4.61. The summed E-state index contributed by atoms with van der Waals surface area (Å²) >= 11 is 6.08. The number of ether oxygens (including phenoxy) is 2. The molecule has 0 aromatic heterocycles. The van der Waals surface area contributed by atoms with Gasteiger partial charge in [0.25, 0.3) is 5.91 Å². The van der Waals surface area contributed by atoms with Gasteiger partial charge in [-0.3, -0.25) is 4.79 Å². The molecular formula is C34H38ClN3O5. The molecule has 3 rings (SSSR count). The quantitative estimate of drug-likeness (QED) is 0.251. The number of nitrogens with zero attached hydrogens (tertiary/aromatic N) is 1. The maximum atomic E-state index is 13.6. The summed E-state index contributed by atoms with van der Waals surface area (Å²) in [5, 5.41) is 15.7. The Morgan fingerprint density at radius 3 is 2.09 bits per heavy atom. The highest BCUT2D eigenvalue weighted by Crippen LogP contribution is 2.27. The molecule has 3 atom stereocenters. The molecular weight excluding hydrogens is 566 g/mol. The van der Waals surface area contributed by atoms with Gasteiger partial charge >= 0.3 is 12.1 Å². The number of alkyl carbamates (subject to hydrolysis) is 1. The van der Waals surface area contributed by atoms with Gasteiger partial charge in [-0.25, -0.2) is 9.59 Å². The van der Waals surface area contributed by atoms with Gasteiger partial charge in [-0.2, -0.15) is 5.26 Å². The zero-order valence-corrected chi connectivity index (χ0v) is 26.1. The molecule has 2 unspecified atom stereocenters. The second-order valence-electron chi connectivity index (χ2n) is 11.9. The van der Waals surface area contributed by atoms with E-state index in [-0.39, 0.29) is 5.92 Å². The molecule has 0 aliphatic carbocycles. The van der Waals surface area contributed by atoms with Crippen molar-refractivity contribution in [3.8, 4) is 6.07 Å². The van der Waals surface area contributed by atoms with Gasteiger partial charge in [0.05, 0.1) is 11.6 Å². The van der Waals surface area contributed by atoms with Crippen LogP contribution < -0.4 is 10.6 Å². The Hall–Kier alpha value is -4.35. The first kappa shape index (κ1) is 33.2. The number of carbonyl (C=O) groups excluding carboxylic acids is 3. The van der Waals surface area contributed by atoms with Crippen LogP contribution in [0.5, 0.6) is 0 Å². The number of rotatable bonds is 10. The van der Waals surface area contributed by atoms with E-state index in [0.29, 0.717) is 22.6 Å². The number of amides is 2. The molecule has 0 saturated heterocycles. The van der Waals surface area contributed by atoms with E-state index in [1.807, 2.05) is 31.2 Å². The van der Waals surface area contributed by atoms with Crippen LogP contribution in [0.25, 0.3) is 0 Å². The van der Waals surface area contributed by atoms with E-state index in [4.69, 9.17) is 21.1 Å². The molecule has 3 aromatic carbocycles. The summed E-state index contributed by atoms with van der Waals surface area (Å²) in [4.78, 5) is 39.6. The first-order chi connectivity index (χ1) is 20.2. The lowest BCUT2D eigenvalue weighted by atomic mass is 9.85. The SMILES string of the molecule is CC(NC(=O)C(C)(C)OC(=O)[C@H](NC(=O)OC(C)(C)C)c1ccccc1)C(Cc1ccc(Cl)cc1)c1cccc(C#N)c1. The van der Waals surface area contributed by atoms with Gasteiger partial charge in [0.15, 0.2) is 11.6 Å². The number of nitriles is 1. The summed E-state index contributed by atoms with van der Waals surface area (Å²) in [5.74, 6) is -1.55. The molecule has 0 radical (unpaired) electrons. The van der Waals surface area contributed by atoms with Crippen molar-refractivity contribution in [3.05, 3.63) is 106 Å². The minimum Gasteiger partial charge on any atom is -0.448 e. The van der Waals surface area contributed by atoms with Crippen molar-refractivity contribution in [3.63, 3.8) is 0 Å². The average Bonchev–Trinajstić information content (AvgIpc) is 2.94. The second kappa shape index (κ2) is 14.2. The van der Waals surface area contributed by atoms with Crippen LogP contribution in [0.15, 0.2) is 78.9 Å². The predicted molar refractivity (Wildman–Crippen MR) is 165 cm³/mol. The Bertz CT molecular complexity index is 1460. The van der Waals surface area contributed by atoms with Gasteiger partial charge in [-0.05, 0) is 88.9 Å². The maximum absolute atomic E-state index is 13.6. The average molecular weight is 604 g/mol. The highest BCUT2D eigenvalue weighted by molar-refractivity contribution is 6.30. The van der Waals surface area contributed by atoms with Crippen LogP contribution in [0.3, 0.4) is 0 Å². The van der Waals surface area contributed by atoms with Gasteiger partial charge in [-0.1, -0.05) is 66.2 Å². The van der Waals surface area contributed by atoms with E-state index < -0.39 is 41.3 Å². The van der Waals surface area contributed by atoms with Crippen molar-refractivity contribution < 1.29 is 23.9 Å². The van der Waals surface area contributed by atoms with E-state index in [1.165, 1.54) is 13.8 Å². The molecule has 226 valence electrons.